The topological polar surface area (TPSA) is 42.0 Å². The summed E-state index contributed by atoms with van der Waals surface area (Å²) in [4.78, 5) is 15.2. The lowest BCUT2D eigenvalue weighted by Gasteiger charge is -2.04. The highest BCUT2D eigenvalue weighted by atomic mass is 32.1. The highest BCUT2D eigenvalue weighted by Gasteiger charge is 2.10. The van der Waals surface area contributed by atoms with E-state index >= 15 is 0 Å². The molecule has 2 aromatic heterocycles. The standard InChI is InChI=1S/C12H11FN2OS/c13-11-7-14-4-2-10(11)12(16)15-5-1-9-3-6-17-8-9/h2-4,6-8H,1,5H2,(H,15,16). The van der Waals surface area contributed by atoms with Gasteiger partial charge in [-0.05, 0) is 34.9 Å². The summed E-state index contributed by atoms with van der Waals surface area (Å²) in [7, 11) is 0. The summed E-state index contributed by atoms with van der Waals surface area (Å²) >= 11 is 1.62. The molecule has 2 aromatic rings. The van der Waals surface area contributed by atoms with Gasteiger partial charge in [-0.2, -0.15) is 11.3 Å². The van der Waals surface area contributed by atoms with Gasteiger partial charge in [-0.3, -0.25) is 9.78 Å². The Morgan fingerprint density at radius 1 is 1.47 bits per heavy atom. The number of pyridine rings is 1. The van der Waals surface area contributed by atoms with Gasteiger partial charge in [-0.15, -0.1) is 0 Å². The third-order valence-electron chi connectivity index (χ3n) is 2.30. The molecule has 5 heteroatoms. The Kier molecular flexibility index (Phi) is 3.82. The van der Waals surface area contributed by atoms with E-state index in [0.717, 1.165) is 12.6 Å². The zero-order chi connectivity index (χ0) is 12.1. The van der Waals surface area contributed by atoms with Crippen LogP contribution in [0.15, 0.2) is 35.3 Å². The third kappa shape index (κ3) is 3.10. The van der Waals surface area contributed by atoms with Crippen molar-refractivity contribution in [1.29, 1.82) is 0 Å². The smallest absolute Gasteiger partial charge is 0.254 e. The summed E-state index contributed by atoms with van der Waals surface area (Å²) < 4.78 is 13.2. The van der Waals surface area contributed by atoms with E-state index in [1.165, 1.54) is 17.8 Å². The summed E-state index contributed by atoms with van der Waals surface area (Å²) in [5.74, 6) is -0.999. The van der Waals surface area contributed by atoms with E-state index in [2.05, 4.69) is 10.3 Å². The number of carbonyl (C=O) groups is 1. The van der Waals surface area contributed by atoms with E-state index in [1.807, 2.05) is 16.8 Å². The van der Waals surface area contributed by atoms with E-state index in [0.29, 0.717) is 6.54 Å². The van der Waals surface area contributed by atoms with Gasteiger partial charge in [0.05, 0.1) is 11.8 Å². The Balaban J connectivity index is 1.88. The average Bonchev–Trinajstić information content (AvgIpc) is 2.82. The Morgan fingerprint density at radius 3 is 3.06 bits per heavy atom. The van der Waals surface area contributed by atoms with E-state index in [-0.39, 0.29) is 5.56 Å². The summed E-state index contributed by atoms with van der Waals surface area (Å²) in [5, 5.41) is 6.69. The lowest BCUT2D eigenvalue weighted by atomic mass is 10.2. The van der Waals surface area contributed by atoms with Crippen molar-refractivity contribution in [3.8, 4) is 0 Å². The molecule has 3 nitrogen and oxygen atoms in total. The normalized spacial score (nSPS) is 10.2. The fraction of sp³-hybridized carbons (Fsp3) is 0.167. The zero-order valence-electron chi connectivity index (χ0n) is 9.02. The van der Waals surface area contributed by atoms with Crippen LogP contribution in [0.3, 0.4) is 0 Å². The van der Waals surface area contributed by atoms with Gasteiger partial charge in [0.2, 0.25) is 0 Å². The third-order valence-corrected chi connectivity index (χ3v) is 3.03. The second-order valence-corrected chi connectivity index (χ2v) is 4.27. The predicted molar refractivity (Wildman–Crippen MR) is 64.6 cm³/mol. The molecule has 0 aliphatic heterocycles. The molecule has 0 fully saturated rings. The molecule has 0 unspecified atom stereocenters. The van der Waals surface area contributed by atoms with Crippen molar-refractivity contribution < 1.29 is 9.18 Å². The molecule has 0 saturated heterocycles. The molecule has 17 heavy (non-hydrogen) atoms. The molecule has 0 aromatic carbocycles. The molecule has 88 valence electrons. The van der Waals surface area contributed by atoms with Crippen LogP contribution in [0.1, 0.15) is 15.9 Å². The predicted octanol–water partition coefficient (Wildman–Crippen LogP) is 2.25. The van der Waals surface area contributed by atoms with Gasteiger partial charge >= 0.3 is 0 Å². The Morgan fingerprint density at radius 2 is 2.35 bits per heavy atom. The SMILES string of the molecule is O=C(NCCc1ccsc1)c1ccncc1F. The van der Waals surface area contributed by atoms with Crippen molar-refractivity contribution >= 4 is 17.2 Å². The number of rotatable bonds is 4. The lowest BCUT2D eigenvalue weighted by molar-refractivity contribution is 0.0950. The molecular formula is C12H11FN2OS. The van der Waals surface area contributed by atoms with E-state index in [9.17, 15) is 9.18 Å². The number of amides is 1. The van der Waals surface area contributed by atoms with Gasteiger partial charge in [0.15, 0.2) is 5.82 Å². The minimum absolute atomic E-state index is 0.0327. The van der Waals surface area contributed by atoms with E-state index < -0.39 is 11.7 Å². The molecule has 1 N–H and O–H groups in total. The average molecular weight is 250 g/mol. The first-order valence-electron chi connectivity index (χ1n) is 5.16. The maximum Gasteiger partial charge on any atom is 0.254 e. The van der Waals surface area contributed by atoms with Crippen LogP contribution in [0.5, 0.6) is 0 Å². The molecule has 2 heterocycles. The van der Waals surface area contributed by atoms with Gasteiger partial charge in [-0.1, -0.05) is 0 Å². The highest BCUT2D eigenvalue weighted by Crippen LogP contribution is 2.07. The Labute approximate surface area is 102 Å². The first kappa shape index (κ1) is 11.7. The molecule has 0 aliphatic rings. The van der Waals surface area contributed by atoms with Crippen LogP contribution in [-0.2, 0) is 6.42 Å². The molecule has 0 radical (unpaired) electrons. The lowest BCUT2D eigenvalue weighted by Crippen LogP contribution is -2.26. The van der Waals surface area contributed by atoms with Gasteiger partial charge in [-0.25, -0.2) is 4.39 Å². The number of thiophene rings is 1. The van der Waals surface area contributed by atoms with Gasteiger partial charge < -0.3 is 5.32 Å². The molecule has 0 saturated carbocycles. The van der Waals surface area contributed by atoms with Crippen LogP contribution >= 0.6 is 11.3 Å². The molecule has 2 rings (SSSR count). The molecule has 1 amide bonds. The summed E-state index contributed by atoms with van der Waals surface area (Å²) in [6.45, 7) is 0.497. The molecule has 0 aliphatic carbocycles. The van der Waals surface area contributed by atoms with Crippen molar-refractivity contribution in [3.63, 3.8) is 0 Å². The quantitative estimate of drug-likeness (QED) is 0.904. The molecule has 0 spiro atoms. The second-order valence-electron chi connectivity index (χ2n) is 3.49. The number of aromatic nitrogens is 1. The maximum absolute atomic E-state index is 13.2. The fourth-order valence-corrected chi connectivity index (χ4v) is 2.11. The van der Waals surface area contributed by atoms with Crippen LogP contribution < -0.4 is 5.32 Å². The second kappa shape index (κ2) is 5.54. The van der Waals surface area contributed by atoms with Crippen LogP contribution in [0.25, 0.3) is 0 Å². The van der Waals surface area contributed by atoms with Crippen LogP contribution in [0, 0.1) is 5.82 Å². The van der Waals surface area contributed by atoms with Crippen molar-refractivity contribution in [3.05, 3.63) is 52.2 Å². The van der Waals surface area contributed by atoms with Crippen LogP contribution in [0.4, 0.5) is 4.39 Å². The number of nitrogens with zero attached hydrogens (tertiary/aromatic N) is 1. The number of carbonyl (C=O) groups excluding carboxylic acids is 1. The van der Waals surface area contributed by atoms with E-state index in [4.69, 9.17) is 0 Å². The molecule has 0 bridgehead atoms. The van der Waals surface area contributed by atoms with Crippen molar-refractivity contribution in [2.75, 3.05) is 6.54 Å². The summed E-state index contributed by atoms with van der Waals surface area (Å²) in [6, 6.07) is 3.37. The van der Waals surface area contributed by atoms with Crippen molar-refractivity contribution in [2.45, 2.75) is 6.42 Å². The monoisotopic (exact) mass is 250 g/mol. The summed E-state index contributed by atoms with van der Waals surface area (Å²) in [6.07, 6.45) is 3.19. The van der Waals surface area contributed by atoms with Gasteiger partial charge in [0, 0.05) is 12.7 Å². The van der Waals surface area contributed by atoms with Gasteiger partial charge in [0.25, 0.3) is 5.91 Å². The van der Waals surface area contributed by atoms with Crippen LogP contribution in [-0.4, -0.2) is 17.4 Å². The Bertz CT molecular complexity index is 499. The summed E-state index contributed by atoms with van der Waals surface area (Å²) in [5.41, 5.74) is 1.20. The first-order chi connectivity index (χ1) is 8.27. The van der Waals surface area contributed by atoms with Gasteiger partial charge in [0.1, 0.15) is 0 Å². The van der Waals surface area contributed by atoms with Crippen molar-refractivity contribution in [2.24, 2.45) is 0 Å². The number of hydrogen-bond acceptors (Lipinski definition) is 3. The largest absolute Gasteiger partial charge is 0.352 e. The first-order valence-corrected chi connectivity index (χ1v) is 6.10. The Hall–Kier alpha value is -1.75. The molecule has 0 atom stereocenters. The van der Waals surface area contributed by atoms with Crippen molar-refractivity contribution in [1.82, 2.24) is 10.3 Å². The highest BCUT2D eigenvalue weighted by molar-refractivity contribution is 7.07. The number of hydrogen-bond donors (Lipinski definition) is 1. The number of nitrogens with one attached hydrogen (secondary N) is 1. The minimum atomic E-state index is -0.597. The maximum atomic E-state index is 13.2. The number of halogens is 1. The van der Waals surface area contributed by atoms with E-state index in [1.54, 1.807) is 11.3 Å². The fourth-order valence-electron chi connectivity index (χ4n) is 1.41. The molecular weight excluding hydrogens is 239 g/mol. The minimum Gasteiger partial charge on any atom is -0.352 e. The van der Waals surface area contributed by atoms with Crippen LogP contribution in [0.2, 0.25) is 0 Å². The zero-order valence-corrected chi connectivity index (χ0v) is 9.84.